The van der Waals surface area contributed by atoms with E-state index in [2.05, 4.69) is 4.98 Å². The van der Waals surface area contributed by atoms with Gasteiger partial charge in [-0.05, 0) is 19.9 Å². The van der Waals surface area contributed by atoms with Gasteiger partial charge in [0.05, 0.1) is 17.2 Å². The summed E-state index contributed by atoms with van der Waals surface area (Å²) < 4.78 is 37.0. The number of alkyl halides is 3. The number of halogens is 4. The minimum absolute atomic E-state index is 0.123. The van der Waals surface area contributed by atoms with Crippen molar-refractivity contribution in [2.24, 2.45) is 0 Å². The van der Waals surface area contributed by atoms with E-state index >= 15 is 0 Å². The van der Waals surface area contributed by atoms with Crippen LogP contribution in [0.4, 0.5) is 18.9 Å². The summed E-state index contributed by atoms with van der Waals surface area (Å²) in [5.74, 6) is -1.65. The van der Waals surface area contributed by atoms with E-state index in [4.69, 9.17) is 17.0 Å². The third-order valence-corrected chi connectivity index (χ3v) is 4.45. The first kappa shape index (κ1) is 21.5. The molecule has 1 unspecified atom stereocenters. The maximum atomic E-state index is 12.5. The summed E-state index contributed by atoms with van der Waals surface area (Å²) >= 11 is 6.28. The van der Waals surface area contributed by atoms with Crippen molar-refractivity contribution in [1.82, 2.24) is 9.88 Å². The predicted molar refractivity (Wildman–Crippen MR) is 92.8 cm³/mol. The van der Waals surface area contributed by atoms with Crippen LogP contribution in [0.15, 0.2) is 36.4 Å². The van der Waals surface area contributed by atoms with Crippen LogP contribution >= 0.6 is 23.4 Å². The van der Waals surface area contributed by atoms with Gasteiger partial charge < -0.3 is 4.90 Å². The number of thioether (sulfide) groups is 1. The van der Waals surface area contributed by atoms with Gasteiger partial charge in [-0.25, -0.2) is 0 Å². The Balaban J connectivity index is 2.90. The monoisotopic (exact) mass is 395 g/mol. The first-order chi connectivity index (χ1) is 11.7. The van der Waals surface area contributed by atoms with E-state index in [-0.39, 0.29) is 17.4 Å². The Hall–Kier alpha value is -1.58. The molecule has 1 amide bonds. The van der Waals surface area contributed by atoms with E-state index in [1.807, 2.05) is 0 Å². The zero-order chi connectivity index (χ0) is 19.0. The molecule has 1 heterocycles. The molecule has 25 heavy (non-hydrogen) atoms. The molecule has 1 rings (SSSR count). The summed E-state index contributed by atoms with van der Waals surface area (Å²) in [5.41, 5.74) is 0.860. The van der Waals surface area contributed by atoms with Gasteiger partial charge in [-0.3, -0.25) is 20.5 Å². The molecule has 0 saturated carbocycles. The average Bonchev–Trinajstić information content (AvgIpc) is 2.55. The number of amides is 1. The minimum atomic E-state index is -4.35. The fourth-order valence-corrected chi connectivity index (χ4v) is 2.76. The fourth-order valence-electron chi connectivity index (χ4n) is 1.89. The number of nitrogens with one attached hydrogen (secondary N) is 1. The molecule has 0 fully saturated rings. The largest absolute Gasteiger partial charge is 0.397 e. The number of carbonyl (C=O) groups excluding carboxylic acids is 1. The first-order valence-electron chi connectivity index (χ1n) is 7.35. The lowest BCUT2D eigenvalue weighted by Gasteiger charge is -2.25. The van der Waals surface area contributed by atoms with E-state index in [9.17, 15) is 18.0 Å². The van der Waals surface area contributed by atoms with Gasteiger partial charge in [0, 0.05) is 18.8 Å². The molecule has 1 atom stereocenters. The van der Waals surface area contributed by atoms with Crippen molar-refractivity contribution < 1.29 is 23.3 Å². The summed E-state index contributed by atoms with van der Waals surface area (Å²) in [7, 11) is 0. The lowest BCUT2D eigenvalue weighted by molar-refractivity contribution is -0.497. The Labute approximate surface area is 153 Å². The summed E-state index contributed by atoms with van der Waals surface area (Å²) in [4.78, 5) is 17.6. The van der Waals surface area contributed by atoms with E-state index in [0.29, 0.717) is 11.8 Å². The second kappa shape index (κ2) is 9.79. The number of pyridine rings is 1. The number of carbonyl (C=O) groups is 1. The van der Waals surface area contributed by atoms with Crippen LogP contribution in [0.2, 0.25) is 0 Å². The standard InChI is InChI=1S/C15H18ClF3N4OS/c1-3-23(14(24)10(2)25-9-15(17,18)19)12(13(16)20)8-22-11-5-4-6-21-7-11/h4-8,10,20,22H,3,9H2,1-2H3/p+1/b12-8+,20-13?. The highest BCUT2D eigenvalue weighted by atomic mass is 35.5. The lowest BCUT2D eigenvalue weighted by Crippen LogP contribution is -2.72. The molecular formula is C15H19ClF3N4OS+. The number of nitrogens with zero attached hydrogens (tertiary/aromatic N) is 2. The van der Waals surface area contributed by atoms with Crippen LogP contribution in [0.1, 0.15) is 13.8 Å². The average molecular weight is 396 g/mol. The molecule has 0 spiro atoms. The van der Waals surface area contributed by atoms with Gasteiger partial charge in [-0.1, -0.05) is 11.6 Å². The van der Waals surface area contributed by atoms with Crippen LogP contribution in [-0.2, 0) is 4.79 Å². The number of hydrogen-bond acceptors (Lipinski definition) is 4. The second-order valence-corrected chi connectivity index (χ2v) is 6.68. The van der Waals surface area contributed by atoms with Crippen LogP contribution in [0.25, 0.3) is 0 Å². The Morgan fingerprint density at radius 3 is 2.72 bits per heavy atom. The zero-order valence-corrected chi connectivity index (χ0v) is 15.3. The van der Waals surface area contributed by atoms with Crippen LogP contribution in [0, 0.1) is 5.41 Å². The van der Waals surface area contributed by atoms with Crippen molar-refractivity contribution in [3.63, 3.8) is 0 Å². The van der Waals surface area contributed by atoms with Crippen molar-refractivity contribution in [1.29, 1.82) is 5.41 Å². The van der Waals surface area contributed by atoms with Gasteiger partial charge in [0.1, 0.15) is 17.1 Å². The van der Waals surface area contributed by atoms with Gasteiger partial charge >= 0.3 is 6.18 Å². The van der Waals surface area contributed by atoms with Crippen molar-refractivity contribution >= 4 is 40.1 Å². The highest BCUT2D eigenvalue weighted by Gasteiger charge is 2.32. The van der Waals surface area contributed by atoms with Crippen molar-refractivity contribution in [2.45, 2.75) is 25.3 Å². The Kier molecular flexibility index (Phi) is 8.40. The molecule has 0 aliphatic heterocycles. The second-order valence-electron chi connectivity index (χ2n) is 4.97. The Bertz CT molecular complexity index is 625. The summed E-state index contributed by atoms with van der Waals surface area (Å²) in [6.45, 7) is 3.25. The Morgan fingerprint density at radius 2 is 2.24 bits per heavy atom. The van der Waals surface area contributed by atoms with E-state index < -0.39 is 23.1 Å². The fraction of sp³-hybridized carbons (Fsp3) is 0.400. The zero-order valence-electron chi connectivity index (χ0n) is 13.7. The number of quaternary nitrogens is 1. The van der Waals surface area contributed by atoms with Crippen molar-refractivity contribution in [3.05, 3.63) is 36.4 Å². The van der Waals surface area contributed by atoms with Gasteiger partial charge in [-0.15, -0.1) is 11.8 Å². The van der Waals surface area contributed by atoms with Gasteiger partial charge in [0.25, 0.3) is 0 Å². The van der Waals surface area contributed by atoms with Crippen LogP contribution in [0.3, 0.4) is 0 Å². The maximum absolute atomic E-state index is 12.5. The predicted octanol–water partition coefficient (Wildman–Crippen LogP) is 2.87. The van der Waals surface area contributed by atoms with Gasteiger partial charge in [0.2, 0.25) is 5.91 Å². The molecule has 0 aliphatic rings. The molecule has 10 heteroatoms. The summed E-state index contributed by atoms with van der Waals surface area (Å²) in [6, 6.07) is 3.50. The van der Waals surface area contributed by atoms with Crippen LogP contribution < -0.4 is 5.32 Å². The van der Waals surface area contributed by atoms with Crippen LogP contribution in [0.5, 0.6) is 0 Å². The molecule has 0 saturated heterocycles. The maximum Gasteiger partial charge on any atom is 0.397 e. The molecule has 3 N–H and O–H groups in total. The number of rotatable bonds is 8. The third kappa shape index (κ3) is 7.45. The quantitative estimate of drug-likeness (QED) is 0.665. The summed E-state index contributed by atoms with van der Waals surface area (Å²) in [6.07, 6.45) is 0.329. The molecule has 1 aromatic rings. The molecule has 5 nitrogen and oxygen atoms in total. The normalized spacial score (nSPS) is 13.4. The number of aromatic nitrogens is 1. The van der Waals surface area contributed by atoms with Crippen molar-refractivity contribution in [3.8, 4) is 0 Å². The molecule has 0 aromatic carbocycles. The number of nitrogens with two attached hydrogens (primary N) is 1. The van der Waals surface area contributed by atoms with E-state index in [0.717, 1.165) is 5.69 Å². The first-order valence-corrected chi connectivity index (χ1v) is 8.77. The lowest BCUT2D eigenvalue weighted by atomic mass is 10.3. The number of allylic oxidation sites excluding steroid dienone is 1. The molecule has 138 valence electrons. The van der Waals surface area contributed by atoms with E-state index in [1.165, 1.54) is 18.0 Å². The smallest absolute Gasteiger partial charge is 0.305 e. The molecular weight excluding hydrogens is 377 g/mol. The van der Waals surface area contributed by atoms with Gasteiger partial charge in [0.15, 0.2) is 5.69 Å². The molecule has 1 aromatic heterocycles. The molecule has 0 radical (unpaired) electrons. The number of hydrogen-bond donors (Lipinski definition) is 2. The Morgan fingerprint density at radius 1 is 1.56 bits per heavy atom. The molecule has 0 aliphatic carbocycles. The molecule has 0 bridgehead atoms. The third-order valence-electron chi connectivity index (χ3n) is 3.06. The van der Waals surface area contributed by atoms with E-state index in [1.54, 1.807) is 36.8 Å². The highest BCUT2D eigenvalue weighted by Crippen LogP contribution is 2.25. The topological polar surface area (TPSA) is 73.7 Å². The minimum Gasteiger partial charge on any atom is -0.305 e. The van der Waals surface area contributed by atoms with Crippen LogP contribution in [-0.4, -0.2) is 44.7 Å². The highest BCUT2D eigenvalue weighted by molar-refractivity contribution is 8.00. The van der Waals surface area contributed by atoms with Crippen molar-refractivity contribution in [2.75, 3.05) is 12.3 Å². The summed E-state index contributed by atoms with van der Waals surface area (Å²) in [5, 5.41) is 8.01. The SMILES string of the molecule is CCN(C(=O)C(C)SCC(F)(F)F)/C(=C/[NH2+]c1cccnc1)C(=N)Cl. The van der Waals surface area contributed by atoms with Gasteiger partial charge in [-0.2, -0.15) is 13.2 Å².